The Kier molecular flexibility index (Phi) is 5.94. The maximum atomic E-state index is 11.7. The van der Waals surface area contributed by atoms with Gasteiger partial charge in [0.05, 0.1) is 6.61 Å². The van der Waals surface area contributed by atoms with Crippen molar-refractivity contribution in [1.29, 1.82) is 0 Å². The van der Waals surface area contributed by atoms with E-state index in [4.69, 9.17) is 9.47 Å². The molecule has 0 atom stereocenters. The van der Waals surface area contributed by atoms with E-state index in [-0.39, 0.29) is 18.3 Å². The lowest BCUT2D eigenvalue weighted by molar-refractivity contribution is -0.123. The second-order valence-electron chi connectivity index (χ2n) is 4.95. The monoisotopic (exact) mass is 304 g/mol. The fourth-order valence-electron chi connectivity index (χ4n) is 2.15. The molecule has 1 aromatic carbocycles. The van der Waals surface area contributed by atoms with Crippen molar-refractivity contribution in [2.75, 3.05) is 13.2 Å². The van der Waals surface area contributed by atoms with Gasteiger partial charge in [-0.25, -0.2) is 5.43 Å². The molecule has 1 aromatic rings. The quantitative estimate of drug-likeness (QED) is 0.816. The van der Waals surface area contributed by atoms with Crippen LogP contribution in [0.3, 0.4) is 0 Å². The number of Topliss-reactive ketones (excluding diaryl/α,β-unsaturated/α-hetero) is 1. The summed E-state index contributed by atoms with van der Waals surface area (Å²) in [5, 5.41) is 3.99. The summed E-state index contributed by atoms with van der Waals surface area (Å²) in [5.41, 5.74) is 3.15. The Morgan fingerprint density at radius 3 is 2.64 bits per heavy atom. The minimum absolute atomic E-state index is 0.158. The minimum Gasteiger partial charge on any atom is -0.490 e. The number of rotatable bonds is 6. The summed E-state index contributed by atoms with van der Waals surface area (Å²) in [7, 11) is 0. The number of ether oxygens (including phenoxy) is 2. The SMILES string of the molecule is CCOc1ccccc1OCC(=O)N/N=C1\CCCC(=O)C1. The topological polar surface area (TPSA) is 77.0 Å². The summed E-state index contributed by atoms with van der Waals surface area (Å²) in [6.07, 6.45) is 2.48. The maximum absolute atomic E-state index is 11.7. The molecule has 2 rings (SSSR count). The second-order valence-corrected chi connectivity index (χ2v) is 4.95. The Bertz CT molecular complexity index is 569. The number of benzene rings is 1. The first-order valence-corrected chi connectivity index (χ1v) is 7.39. The number of hydrogen-bond acceptors (Lipinski definition) is 5. The van der Waals surface area contributed by atoms with Gasteiger partial charge in [-0.3, -0.25) is 9.59 Å². The van der Waals surface area contributed by atoms with Crippen molar-refractivity contribution in [3.8, 4) is 11.5 Å². The minimum atomic E-state index is -0.364. The van der Waals surface area contributed by atoms with Crippen LogP contribution in [0.15, 0.2) is 29.4 Å². The van der Waals surface area contributed by atoms with E-state index in [2.05, 4.69) is 10.5 Å². The van der Waals surface area contributed by atoms with E-state index >= 15 is 0 Å². The zero-order chi connectivity index (χ0) is 15.8. The highest BCUT2D eigenvalue weighted by atomic mass is 16.5. The van der Waals surface area contributed by atoms with Crippen molar-refractivity contribution in [2.45, 2.75) is 32.6 Å². The van der Waals surface area contributed by atoms with E-state index in [9.17, 15) is 9.59 Å². The van der Waals surface area contributed by atoms with E-state index in [1.165, 1.54) is 0 Å². The number of carbonyl (C=O) groups excluding carboxylic acids is 2. The van der Waals surface area contributed by atoms with Gasteiger partial charge in [-0.15, -0.1) is 0 Å². The zero-order valence-electron chi connectivity index (χ0n) is 12.6. The molecular formula is C16H20N2O4. The number of carbonyl (C=O) groups is 2. The van der Waals surface area contributed by atoms with Gasteiger partial charge >= 0.3 is 0 Å². The predicted molar refractivity (Wildman–Crippen MR) is 82.2 cm³/mol. The highest BCUT2D eigenvalue weighted by Gasteiger charge is 2.15. The Balaban J connectivity index is 1.83. The maximum Gasteiger partial charge on any atom is 0.277 e. The highest BCUT2D eigenvalue weighted by Crippen LogP contribution is 2.26. The average Bonchev–Trinajstić information content (AvgIpc) is 2.52. The van der Waals surface area contributed by atoms with Gasteiger partial charge in [0, 0.05) is 18.6 Å². The zero-order valence-corrected chi connectivity index (χ0v) is 12.6. The number of amides is 1. The largest absolute Gasteiger partial charge is 0.490 e. The molecule has 0 aliphatic heterocycles. The predicted octanol–water partition coefficient (Wildman–Crippen LogP) is 2.08. The van der Waals surface area contributed by atoms with E-state index < -0.39 is 0 Å². The molecule has 0 saturated heterocycles. The lowest BCUT2D eigenvalue weighted by atomic mass is 9.97. The van der Waals surface area contributed by atoms with Gasteiger partial charge < -0.3 is 9.47 Å². The molecule has 0 heterocycles. The van der Waals surface area contributed by atoms with E-state index in [0.29, 0.717) is 30.9 Å². The first-order valence-electron chi connectivity index (χ1n) is 7.39. The molecule has 6 nitrogen and oxygen atoms in total. The van der Waals surface area contributed by atoms with Gasteiger partial charge in [-0.05, 0) is 31.9 Å². The first-order chi connectivity index (χ1) is 10.7. The number of para-hydroxylation sites is 2. The van der Waals surface area contributed by atoms with Crippen LogP contribution >= 0.6 is 0 Å². The molecule has 1 fully saturated rings. The lowest BCUT2D eigenvalue weighted by Gasteiger charge is -2.12. The molecule has 1 saturated carbocycles. The smallest absolute Gasteiger partial charge is 0.277 e. The molecule has 1 aliphatic rings. The Hall–Kier alpha value is -2.37. The first kappa shape index (κ1) is 16.0. The van der Waals surface area contributed by atoms with Crippen molar-refractivity contribution in [3.63, 3.8) is 0 Å². The molecule has 22 heavy (non-hydrogen) atoms. The van der Waals surface area contributed by atoms with Crippen LogP contribution in [0.2, 0.25) is 0 Å². The number of hydrazone groups is 1. The summed E-state index contributed by atoms with van der Waals surface area (Å²) in [6.45, 7) is 2.24. The van der Waals surface area contributed by atoms with Gasteiger partial charge in [0.1, 0.15) is 5.78 Å². The molecular weight excluding hydrogens is 284 g/mol. The molecule has 0 aromatic heterocycles. The summed E-state index contributed by atoms with van der Waals surface area (Å²) < 4.78 is 10.9. The normalized spacial score (nSPS) is 16.4. The van der Waals surface area contributed by atoms with E-state index in [0.717, 1.165) is 18.6 Å². The van der Waals surface area contributed by atoms with Crippen LogP contribution in [0.4, 0.5) is 0 Å². The number of ketones is 1. The number of hydrogen-bond donors (Lipinski definition) is 1. The second kappa shape index (κ2) is 8.17. The lowest BCUT2D eigenvalue weighted by Crippen LogP contribution is -2.27. The van der Waals surface area contributed by atoms with Gasteiger partial charge in [-0.2, -0.15) is 5.10 Å². The van der Waals surface area contributed by atoms with E-state index in [1.807, 2.05) is 19.1 Å². The molecule has 0 bridgehead atoms. The number of nitrogens with zero attached hydrogens (tertiary/aromatic N) is 1. The van der Waals surface area contributed by atoms with Crippen LogP contribution in [0.25, 0.3) is 0 Å². The van der Waals surface area contributed by atoms with Crippen LogP contribution in [-0.2, 0) is 9.59 Å². The van der Waals surface area contributed by atoms with Gasteiger partial charge in [0.15, 0.2) is 18.1 Å². The highest BCUT2D eigenvalue weighted by molar-refractivity contribution is 6.04. The summed E-state index contributed by atoms with van der Waals surface area (Å²) >= 11 is 0. The third-order valence-corrected chi connectivity index (χ3v) is 3.17. The fourth-order valence-corrected chi connectivity index (χ4v) is 2.15. The molecule has 118 valence electrons. The third-order valence-electron chi connectivity index (χ3n) is 3.17. The fraction of sp³-hybridized carbons (Fsp3) is 0.438. The molecule has 0 spiro atoms. The van der Waals surface area contributed by atoms with Crippen molar-refractivity contribution in [2.24, 2.45) is 5.10 Å². The molecule has 1 amide bonds. The van der Waals surface area contributed by atoms with E-state index in [1.54, 1.807) is 12.1 Å². The van der Waals surface area contributed by atoms with Crippen molar-refractivity contribution in [3.05, 3.63) is 24.3 Å². The summed E-state index contributed by atoms with van der Waals surface area (Å²) in [4.78, 5) is 23.0. The van der Waals surface area contributed by atoms with Crippen LogP contribution in [-0.4, -0.2) is 30.6 Å². The van der Waals surface area contributed by atoms with Crippen molar-refractivity contribution < 1.29 is 19.1 Å². The molecule has 1 N–H and O–H groups in total. The molecule has 0 unspecified atom stereocenters. The van der Waals surface area contributed by atoms with Crippen molar-refractivity contribution >= 4 is 17.4 Å². The van der Waals surface area contributed by atoms with Crippen LogP contribution in [0.1, 0.15) is 32.6 Å². The van der Waals surface area contributed by atoms with Crippen molar-refractivity contribution in [1.82, 2.24) is 5.43 Å². The summed E-state index contributed by atoms with van der Waals surface area (Å²) in [6, 6.07) is 7.17. The summed E-state index contributed by atoms with van der Waals surface area (Å²) in [5.74, 6) is 0.917. The number of nitrogens with one attached hydrogen (secondary N) is 1. The third kappa shape index (κ3) is 4.87. The average molecular weight is 304 g/mol. The standard InChI is InChI=1S/C16H20N2O4/c1-2-21-14-8-3-4-9-15(14)22-11-16(20)18-17-12-6-5-7-13(19)10-12/h3-4,8-9H,2,5-7,10-11H2,1H3,(H,18,20)/b17-12+. The van der Waals surface area contributed by atoms with Gasteiger partial charge in [-0.1, -0.05) is 12.1 Å². The molecule has 6 heteroatoms. The van der Waals surface area contributed by atoms with Gasteiger partial charge in [0.2, 0.25) is 0 Å². The Labute approximate surface area is 129 Å². The molecule has 0 radical (unpaired) electrons. The molecule has 1 aliphatic carbocycles. The van der Waals surface area contributed by atoms with Crippen LogP contribution in [0, 0.1) is 0 Å². The van der Waals surface area contributed by atoms with Gasteiger partial charge in [0.25, 0.3) is 5.91 Å². The van der Waals surface area contributed by atoms with Crippen LogP contribution < -0.4 is 14.9 Å². The van der Waals surface area contributed by atoms with Crippen LogP contribution in [0.5, 0.6) is 11.5 Å². The Morgan fingerprint density at radius 1 is 1.23 bits per heavy atom. The Morgan fingerprint density at radius 2 is 1.95 bits per heavy atom.